The topological polar surface area (TPSA) is 83.6 Å². The predicted octanol–water partition coefficient (Wildman–Crippen LogP) is 5.37. The number of nitrogens with one attached hydrogen (secondary N) is 2. The highest BCUT2D eigenvalue weighted by atomic mass is 16.5. The molecule has 1 aliphatic rings. The molecular formula is C26H28N4O3. The summed E-state index contributed by atoms with van der Waals surface area (Å²) >= 11 is 0. The number of nitrogens with zero attached hydrogens (tertiary/aromatic N) is 2. The monoisotopic (exact) mass is 444 g/mol. The van der Waals surface area contributed by atoms with Crippen LogP contribution in [0.4, 0.5) is 16.2 Å². The maximum Gasteiger partial charge on any atom is 0.321 e. The normalized spacial score (nSPS) is 13.9. The number of likely N-dealkylation sites (tertiary alicyclic amines) is 1. The molecule has 4 rings (SSSR count). The summed E-state index contributed by atoms with van der Waals surface area (Å²) in [5.74, 6) is 0.999. The standard InChI is InChI=1S/C26H28N4O3/c1-18-8-10-23(16-19(18)2)33-24-11-9-22(17-27-24)28-25(31)20-12-14-30(15-13-20)26(32)29-21-6-4-3-5-7-21/h3-11,16-17,20H,12-15H2,1-2H3,(H,28,31)(H,29,32). The van der Waals surface area contributed by atoms with Crippen LogP contribution in [0.2, 0.25) is 0 Å². The van der Waals surface area contributed by atoms with Crippen LogP contribution in [0.15, 0.2) is 66.9 Å². The van der Waals surface area contributed by atoms with Crippen LogP contribution in [0.5, 0.6) is 11.6 Å². The number of hydrogen-bond donors (Lipinski definition) is 2. The second-order valence-corrected chi connectivity index (χ2v) is 8.28. The van der Waals surface area contributed by atoms with Crippen molar-refractivity contribution in [3.8, 4) is 11.6 Å². The Balaban J connectivity index is 1.25. The molecule has 7 nitrogen and oxygen atoms in total. The maximum atomic E-state index is 12.7. The first-order valence-electron chi connectivity index (χ1n) is 11.1. The van der Waals surface area contributed by atoms with Gasteiger partial charge in [-0.1, -0.05) is 24.3 Å². The lowest BCUT2D eigenvalue weighted by molar-refractivity contribution is -0.121. The zero-order valence-electron chi connectivity index (χ0n) is 18.9. The molecule has 0 bridgehead atoms. The van der Waals surface area contributed by atoms with Gasteiger partial charge in [0.15, 0.2) is 0 Å². The van der Waals surface area contributed by atoms with Crippen LogP contribution >= 0.6 is 0 Å². The molecule has 2 N–H and O–H groups in total. The van der Waals surface area contributed by atoms with Crippen molar-refractivity contribution in [1.82, 2.24) is 9.88 Å². The Labute approximate surface area is 193 Å². The SMILES string of the molecule is Cc1ccc(Oc2ccc(NC(=O)C3CCN(C(=O)Nc4ccccc4)CC3)cn2)cc1C. The van der Waals surface area contributed by atoms with Crippen LogP contribution in [0.3, 0.4) is 0 Å². The Bertz CT molecular complexity index is 1110. The van der Waals surface area contributed by atoms with Crippen molar-refractivity contribution in [1.29, 1.82) is 0 Å². The predicted molar refractivity (Wildman–Crippen MR) is 129 cm³/mol. The van der Waals surface area contributed by atoms with Gasteiger partial charge in [-0.15, -0.1) is 0 Å². The number of anilines is 2. The molecule has 170 valence electrons. The molecule has 1 saturated heterocycles. The summed E-state index contributed by atoms with van der Waals surface area (Å²) in [5, 5.41) is 5.82. The Morgan fingerprint density at radius 1 is 0.909 bits per heavy atom. The van der Waals surface area contributed by atoms with E-state index in [1.807, 2.05) is 55.5 Å². The Morgan fingerprint density at radius 2 is 1.67 bits per heavy atom. The smallest absolute Gasteiger partial charge is 0.321 e. The van der Waals surface area contributed by atoms with E-state index in [2.05, 4.69) is 22.5 Å². The number of para-hydroxylation sites is 1. The molecule has 0 saturated carbocycles. The second-order valence-electron chi connectivity index (χ2n) is 8.28. The zero-order chi connectivity index (χ0) is 23.2. The largest absolute Gasteiger partial charge is 0.439 e. The van der Waals surface area contributed by atoms with Gasteiger partial charge < -0.3 is 20.3 Å². The van der Waals surface area contributed by atoms with Gasteiger partial charge in [-0.3, -0.25) is 4.79 Å². The van der Waals surface area contributed by atoms with Gasteiger partial charge in [0.1, 0.15) is 5.75 Å². The van der Waals surface area contributed by atoms with Crippen molar-refractivity contribution >= 4 is 23.3 Å². The van der Waals surface area contributed by atoms with Gasteiger partial charge in [0, 0.05) is 30.8 Å². The summed E-state index contributed by atoms with van der Waals surface area (Å²) in [6.45, 7) is 5.17. The molecule has 0 spiro atoms. The van der Waals surface area contributed by atoms with Crippen molar-refractivity contribution in [2.24, 2.45) is 5.92 Å². The summed E-state index contributed by atoms with van der Waals surface area (Å²) in [7, 11) is 0. The quantitative estimate of drug-likeness (QED) is 0.554. The van der Waals surface area contributed by atoms with Crippen LogP contribution < -0.4 is 15.4 Å². The van der Waals surface area contributed by atoms with Crippen LogP contribution in [-0.2, 0) is 4.79 Å². The molecule has 0 atom stereocenters. The van der Waals surface area contributed by atoms with Gasteiger partial charge in [-0.05, 0) is 68.1 Å². The van der Waals surface area contributed by atoms with Crippen molar-refractivity contribution < 1.29 is 14.3 Å². The minimum Gasteiger partial charge on any atom is -0.439 e. The van der Waals surface area contributed by atoms with Crippen molar-refractivity contribution in [2.45, 2.75) is 26.7 Å². The lowest BCUT2D eigenvalue weighted by atomic mass is 9.96. The van der Waals surface area contributed by atoms with Crippen molar-refractivity contribution in [2.75, 3.05) is 23.7 Å². The van der Waals surface area contributed by atoms with Gasteiger partial charge in [0.2, 0.25) is 11.8 Å². The molecule has 2 aromatic carbocycles. The molecule has 0 unspecified atom stereocenters. The lowest BCUT2D eigenvalue weighted by Gasteiger charge is -2.31. The number of amides is 3. The molecule has 2 heterocycles. The Hall–Kier alpha value is -3.87. The molecule has 33 heavy (non-hydrogen) atoms. The maximum absolute atomic E-state index is 12.7. The molecule has 0 aliphatic carbocycles. The van der Waals surface area contributed by atoms with E-state index in [0.29, 0.717) is 37.5 Å². The average molecular weight is 445 g/mol. The number of ether oxygens (including phenoxy) is 1. The second kappa shape index (κ2) is 10.2. The highest BCUT2D eigenvalue weighted by molar-refractivity contribution is 5.93. The summed E-state index contributed by atoms with van der Waals surface area (Å²) in [6, 6.07) is 18.6. The average Bonchev–Trinajstić information content (AvgIpc) is 2.83. The van der Waals surface area contributed by atoms with E-state index in [1.54, 1.807) is 23.2 Å². The van der Waals surface area contributed by atoms with E-state index in [-0.39, 0.29) is 17.9 Å². The van der Waals surface area contributed by atoms with E-state index >= 15 is 0 Å². The fourth-order valence-corrected chi connectivity index (χ4v) is 3.73. The number of carbonyl (C=O) groups is 2. The van der Waals surface area contributed by atoms with Gasteiger partial charge in [0.25, 0.3) is 0 Å². The Kier molecular flexibility index (Phi) is 6.88. The van der Waals surface area contributed by atoms with Crippen molar-refractivity contribution in [3.05, 3.63) is 78.0 Å². The third-order valence-corrected chi connectivity index (χ3v) is 5.88. The van der Waals surface area contributed by atoms with E-state index in [4.69, 9.17) is 4.74 Å². The van der Waals surface area contributed by atoms with Crippen LogP contribution in [0.25, 0.3) is 0 Å². The first-order chi connectivity index (χ1) is 16.0. The number of aryl methyl sites for hydroxylation is 2. The van der Waals surface area contributed by atoms with Gasteiger partial charge in [-0.25, -0.2) is 9.78 Å². The van der Waals surface area contributed by atoms with E-state index in [1.165, 1.54) is 5.56 Å². The van der Waals surface area contributed by atoms with Crippen LogP contribution in [0, 0.1) is 19.8 Å². The zero-order valence-corrected chi connectivity index (χ0v) is 18.9. The number of rotatable bonds is 5. The molecule has 1 aliphatic heterocycles. The van der Waals surface area contributed by atoms with E-state index in [9.17, 15) is 9.59 Å². The highest BCUT2D eigenvalue weighted by Crippen LogP contribution is 2.24. The van der Waals surface area contributed by atoms with E-state index < -0.39 is 0 Å². The number of carbonyl (C=O) groups excluding carboxylic acids is 2. The van der Waals surface area contributed by atoms with Gasteiger partial charge in [0.05, 0.1) is 11.9 Å². The molecule has 3 aromatic rings. The molecule has 1 fully saturated rings. The number of hydrogen-bond acceptors (Lipinski definition) is 4. The molecule has 7 heteroatoms. The Morgan fingerprint density at radius 3 is 2.33 bits per heavy atom. The summed E-state index contributed by atoms with van der Waals surface area (Å²) in [5.41, 5.74) is 3.74. The highest BCUT2D eigenvalue weighted by Gasteiger charge is 2.27. The first kappa shape index (κ1) is 22.3. The minimum absolute atomic E-state index is 0.0530. The molecule has 0 radical (unpaired) electrons. The van der Waals surface area contributed by atoms with Gasteiger partial charge >= 0.3 is 6.03 Å². The van der Waals surface area contributed by atoms with Crippen LogP contribution in [-0.4, -0.2) is 34.9 Å². The minimum atomic E-state index is -0.141. The van der Waals surface area contributed by atoms with Crippen molar-refractivity contribution in [3.63, 3.8) is 0 Å². The third kappa shape index (κ3) is 5.88. The summed E-state index contributed by atoms with van der Waals surface area (Å²) in [6.07, 6.45) is 2.83. The van der Waals surface area contributed by atoms with Crippen LogP contribution in [0.1, 0.15) is 24.0 Å². The number of aromatic nitrogens is 1. The third-order valence-electron chi connectivity index (χ3n) is 5.88. The summed E-state index contributed by atoms with van der Waals surface area (Å²) < 4.78 is 5.80. The molecule has 3 amide bonds. The fraction of sp³-hybridized carbons (Fsp3) is 0.269. The van der Waals surface area contributed by atoms with E-state index in [0.717, 1.165) is 17.0 Å². The number of urea groups is 1. The van der Waals surface area contributed by atoms with Gasteiger partial charge in [-0.2, -0.15) is 0 Å². The number of pyridine rings is 1. The fourth-order valence-electron chi connectivity index (χ4n) is 3.73. The summed E-state index contributed by atoms with van der Waals surface area (Å²) in [4.78, 5) is 31.2. The molecular weight excluding hydrogens is 416 g/mol. The molecule has 1 aromatic heterocycles. The first-order valence-corrected chi connectivity index (χ1v) is 11.1. The lowest BCUT2D eigenvalue weighted by Crippen LogP contribution is -2.43. The number of piperidine rings is 1. The number of benzene rings is 2.